The van der Waals surface area contributed by atoms with Gasteiger partial charge in [-0.3, -0.25) is 0 Å². The van der Waals surface area contributed by atoms with E-state index in [1.54, 1.807) is 0 Å². The number of carboxylic acids is 1. The summed E-state index contributed by atoms with van der Waals surface area (Å²) in [5.74, 6) is -0.906. The number of carbonyl (C=O) groups is 1. The van der Waals surface area contributed by atoms with Gasteiger partial charge < -0.3 is 5.11 Å². The van der Waals surface area contributed by atoms with Crippen LogP contribution in [0.5, 0.6) is 0 Å². The van der Waals surface area contributed by atoms with Gasteiger partial charge in [0.15, 0.2) is 0 Å². The predicted molar refractivity (Wildman–Crippen MR) is 45.8 cm³/mol. The molecule has 0 unspecified atom stereocenters. The Bertz CT molecular complexity index is 218. The third-order valence-corrected chi connectivity index (χ3v) is 1.71. The summed E-state index contributed by atoms with van der Waals surface area (Å²) < 4.78 is 0. The molecule has 0 aliphatic rings. The molecule has 0 aromatic rings. The van der Waals surface area contributed by atoms with Gasteiger partial charge in [-0.1, -0.05) is 6.92 Å². The molecule has 10 heavy (non-hydrogen) atoms. The molecule has 0 atom stereocenters. The van der Waals surface area contributed by atoms with Gasteiger partial charge in [0, 0.05) is 0 Å². The van der Waals surface area contributed by atoms with Crippen molar-refractivity contribution in [2.24, 2.45) is 0 Å². The van der Waals surface area contributed by atoms with Crippen LogP contribution in [-0.4, -0.2) is 21.5 Å². The summed E-state index contributed by atoms with van der Waals surface area (Å²) >= 11 is 0. The van der Waals surface area contributed by atoms with Gasteiger partial charge in [0.05, 0.1) is 5.57 Å². The molecule has 0 fully saturated rings. The highest BCUT2D eigenvalue weighted by atomic mass is 32.1. The molecular formula is C7H10O2S. The van der Waals surface area contributed by atoms with Crippen LogP contribution in [0.4, 0.5) is 0 Å². The smallest absolute Gasteiger partial charge is 0.339 e. The highest BCUT2D eigenvalue weighted by Gasteiger charge is 1.94. The molecule has 0 aliphatic heterocycles. The SMILES string of the molecule is CCC=S=C=C(C)C(=O)O. The van der Waals surface area contributed by atoms with Crippen molar-refractivity contribution in [2.45, 2.75) is 20.3 Å². The number of hydrogen-bond donors (Lipinski definition) is 1. The van der Waals surface area contributed by atoms with Crippen LogP contribution in [0.1, 0.15) is 20.3 Å². The molecule has 0 aliphatic carbocycles. The van der Waals surface area contributed by atoms with Gasteiger partial charge in [-0.15, -0.1) is 10.9 Å². The van der Waals surface area contributed by atoms with Gasteiger partial charge in [-0.05, 0) is 23.7 Å². The molecule has 56 valence electrons. The van der Waals surface area contributed by atoms with Gasteiger partial charge in [0.2, 0.25) is 0 Å². The van der Waals surface area contributed by atoms with Crippen LogP contribution in [0.25, 0.3) is 0 Å². The number of carboxylic acid groups (broad SMARTS) is 1. The molecule has 1 N–H and O–H groups in total. The fourth-order valence-corrected chi connectivity index (χ4v) is 0.771. The minimum absolute atomic E-state index is 0.259. The maximum atomic E-state index is 10.2. The zero-order valence-electron chi connectivity index (χ0n) is 6.05. The van der Waals surface area contributed by atoms with E-state index >= 15 is 0 Å². The van der Waals surface area contributed by atoms with Crippen molar-refractivity contribution in [1.29, 1.82) is 0 Å². The van der Waals surface area contributed by atoms with E-state index in [1.807, 2.05) is 12.3 Å². The van der Waals surface area contributed by atoms with E-state index in [1.165, 1.54) is 17.9 Å². The molecule has 0 radical (unpaired) electrons. The van der Waals surface area contributed by atoms with Crippen LogP contribution in [-0.2, 0) is 4.79 Å². The average molecular weight is 158 g/mol. The Morgan fingerprint density at radius 3 is 2.80 bits per heavy atom. The second-order valence-electron chi connectivity index (χ2n) is 1.72. The maximum absolute atomic E-state index is 10.2. The second-order valence-corrected chi connectivity index (χ2v) is 2.50. The lowest BCUT2D eigenvalue weighted by Gasteiger charge is -1.80. The zero-order valence-corrected chi connectivity index (χ0v) is 6.86. The summed E-state index contributed by atoms with van der Waals surface area (Å²) in [6.07, 6.45) is 0.921. The molecule has 0 aromatic carbocycles. The summed E-state index contributed by atoms with van der Waals surface area (Å²) in [4.78, 5) is 10.2. The van der Waals surface area contributed by atoms with Crippen molar-refractivity contribution in [2.75, 3.05) is 0 Å². The molecular weight excluding hydrogens is 148 g/mol. The highest BCUT2D eigenvalue weighted by Crippen LogP contribution is 1.83. The van der Waals surface area contributed by atoms with Crippen LogP contribution < -0.4 is 0 Å². The van der Waals surface area contributed by atoms with E-state index in [9.17, 15) is 4.79 Å². The molecule has 0 aromatic heterocycles. The number of rotatable bonds is 2. The first kappa shape index (κ1) is 9.21. The van der Waals surface area contributed by atoms with Crippen LogP contribution >= 0.6 is 10.9 Å². The maximum Gasteiger partial charge on any atom is 0.339 e. The minimum Gasteiger partial charge on any atom is -0.477 e. The van der Waals surface area contributed by atoms with Gasteiger partial charge in [0.25, 0.3) is 0 Å². The largest absolute Gasteiger partial charge is 0.477 e. The van der Waals surface area contributed by atoms with Crippen LogP contribution in [0.3, 0.4) is 0 Å². The molecule has 0 amide bonds. The molecule has 3 heteroatoms. The minimum atomic E-state index is -0.906. The normalized spacial score (nSPS) is 7.80. The van der Waals surface area contributed by atoms with Crippen LogP contribution in [0, 0.1) is 0 Å². The van der Waals surface area contributed by atoms with Crippen molar-refractivity contribution < 1.29 is 9.90 Å². The van der Waals surface area contributed by atoms with E-state index in [0.717, 1.165) is 6.42 Å². The number of hydrogen-bond acceptors (Lipinski definition) is 1. The lowest BCUT2D eigenvalue weighted by atomic mass is 10.4. The summed E-state index contributed by atoms with van der Waals surface area (Å²) in [5.41, 5.74) is 0.259. The van der Waals surface area contributed by atoms with Crippen molar-refractivity contribution in [3.63, 3.8) is 0 Å². The van der Waals surface area contributed by atoms with E-state index in [0.29, 0.717) is 0 Å². The van der Waals surface area contributed by atoms with Gasteiger partial charge in [0.1, 0.15) is 0 Å². The van der Waals surface area contributed by atoms with Crippen LogP contribution in [0.15, 0.2) is 5.57 Å². The van der Waals surface area contributed by atoms with E-state index in [-0.39, 0.29) is 5.57 Å². The van der Waals surface area contributed by atoms with Crippen molar-refractivity contribution in [3.05, 3.63) is 5.57 Å². The summed E-state index contributed by atoms with van der Waals surface area (Å²) in [5, 5.41) is 12.9. The average Bonchev–Trinajstić information content (AvgIpc) is 1.88. The Hall–Kier alpha value is -0.790. The third kappa shape index (κ3) is 4.13. The molecule has 2 nitrogen and oxygen atoms in total. The first-order chi connectivity index (χ1) is 4.68. The number of aliphatic carboxylic acids is 1. The molecule has 0 heterocycles. The fourth-order valence-electron chi connectivity index (χ4n) is 0.257. The standard InChI is InChI=1S/C7H10O2S/c1-3-4-10-5-6(2)7(8)9/h4H,3H2,1-2H3,(H,8,9). The lowest BCUT2D eigenvalue weighted by Crippen LogP contribution is -1.95. The Morgan fingerprint density at radius 2 is 2.40 bits per heavy atom. The summed E-state index contributed by atoms with van der Waals surface area (Å²) in [7, 11) is 1.30. The van der Waals surface area contributed by atoms with Gasteiger partial charge in [-0.2, -0.15) is 0 Å². The quantitative estimate of drug-likeness (QED) is 0.486. The second kappa shape index (κ2) is 5.03. The third-order valence-electron chi connectivity index (χ3n) is 0.783. The Balaban J connectivity index is 4.44. The fraction of sp³-hybridized carbons (Fsp3) is 0.429. The molecule has 0 spiro atoms. The first-order valence-electron chi connectivity index (χ1n) is 2.98. The van der Waals surface area contributed by atoms with Crippen LogP contribution in [0.2, 0.25) is 0 Å². The molecule has 0 bridgehead atoms. The predicted octanol–water partition coefficient (Wildman–Crippen LogP) is 1.36. The van der Waals surface area contributed by atoms with Crippen molar-refractivity contribution in [3.8, 4) is 0 Å². The van der Waals surface area contributed by atoms with E-state index < -0.39 is 5.97 Å². The van der Waals surface area contributed by atoms with E-state index in [2.05, 4.69) is 5.02 Å². The van der Waals surface area contributed by atoms with Gasteiger partial charge >= 0.3 is 5.97 Å². The highest BCUT2D eigenvalue weighted by molar-refractivity contribution is 7.95. The molecule has 0 saturated carbocycles. The van der Waals surface area contributed by atoms with Crippen molar-refractivity contribution in [1.82, 2.24) is 0 Å². The van der Waals surface area contributed by atoms with Gasteiger partial charge in [-0.25, -0.2) is 4.79 Å². The summed E-state index contributed by atoms with van der Waals surface area (Å²) in [6, 6.07) is 0. The first-order valence-corrected chi connectivity index (χ1v) is 3.86. The Morgan fingerprint density at radius 1 is 1.80 bits per heavy atom. The zero-order chi connectivity index (χ0) is 7.98. The van der Waals surface area contributed by atoms with E-state index in [4.69, 9.17) is 5.11 Å². The summed E-state index contributed by atoms with van der Waals surface area (Å²) in [6.45, 7) is 3.52. The monoisotopic (exact) mass is 158 g/mol. The lowest BCUT2D eigenvalue weighted by molar-refractivity contribution is -0.132. The molecule has 0 rings (SSSR count). The Labute approximate surface area is 63.7 Å². The topological polar surface area (TPSA) is 37.3 Å². The van der Waals surface area contributed by atoms with Crippen molar-refractivity contribution >= 4 is 27.3 Å². The molecule has 0 saturated heterocycles. The Kier molecular flexibility index (Phi) is 4.63.